The van der Waals surface area contributed by atoms with Crippen LogP contribution >= 0.6 is 0 Å². The average Bonchev–Trinajstić information content (AvgIpc) is 2.73. The van der Waals surface area contributed by atoms with Crippen molar-refractivity contribution >= 4 is 40.4 Å². The Bertz CT molecular complexity index is 1080. The van der Waals surface area contributed by atoms with E-state index in [1.54, 1.807) is 39.8 Å². The van der Waals surface area contributed by atoms with Gasteiger partial charge < -0.3 is 24.8 Å². The SMILES string of the molecule is CCOC(=O)[C@H](Cc1ccc(NS(=O)(=O)c2ccc(B(O)O)cc2)cc1)NC(=O)OC(C)(C)C. The highest BCUT2D eigenvalue weighted by molar-refractivity contribution is 7.92. The zero-order chi connectivity index (χ0) is 25.5. The summed E-state index contributed by atoms with van der Waals surface area (Å²) >= 11 is 0. The monoisotopic (exact) mass is 492 g/mol. The molecule has 2 aromatic rings. The van der Waals surface area contributed by atoms with Gasteiger partial charge in [0.1, 0.15) is 11.6 Å². The number of benzene rings is 2. The summed E-state index contributed by atoms with van der Waals surface area (Å²) in [5.41, 5.74) is 0.362. The fourth-order valence-electron chi connectivity index (χ4n) is 2.86. The molecule has 0 saturated carbocycles. The van der Waals surface area contributed by atoms with Crippen LogP contribution in [0, 0.1) is 0 Å². The Morgan fingerprint density at radius 1 is 1.03 bits per heavy atom. The zero-order valence-electron chi connectivity index (χ0n) is 19.4. The number of ether oxygens (including phenoxy) is 2. The number of hydrogen-bond donors (Lipinski definition) is 4. The lowest BCUT2D eigenvalue weighted by Crippen LogP contribution is -2.45. The van der Waals surface area contributed by atoms with E-state index >= 15 is 0 Å². The fraction of sp³-hybridized carbons (Fsp3) is 0.364. The lowest BCUT2D eigenvalue weighted by atomic mass is 9.81. The maximum Gasteiger partial charge on any atom is 0.488 e. The summed E-state index contributed by atoms with van der Waals surface area (Å²) in [6, 6.07) is 10.4. The Hall–Kier alpha value is -3.09. The van der Waals surface area contributed by atoms with Gasteiger partial charge in [0.25, 0.3) is 10.0 Å². The van der Waals surface area contributed by atoms with E-state index in [-0.39, 0.29) is 29.1 Å². The highest BCUT2D eigenvalue weighted by Crippen LogP contribution is 2.17. The summed E-state index contributed by atoms with van der Waals surface area (Å²) in [6.07, 6.45) is -0.648. The molecule has 4 N–H and O–H groups in total. The predicted octanol–water partition coefficient (Wildman–Crippen LogP) is 1.17. The van der Waals surface area contributed by atoms with Crippen LogP contribution in [0.3, 0.4) is 0 Å². The minimum absolute atomic E-state index is 0.0510. The van der Waals surface area contributed by atoms with Crippen LogP contribution in [0.15, 0.2) is 53.4 Å². The molecule has 2 rings (SSSR count). The van der Waals surface area contributed by atoms with Crippen LogP contribution in [0.1, 0.15) is 33.3 Å². The predicted molar refractivity (Wildman–Crippen MR) is 127 cm³/mol. The highest BCUT2D eigenvalue weighted by atomic mass is 32.2. The van der Waals surface area contributed by atoms with Crippen molar-refractivity contribution in [3.05, 3.63) is 54.1 Å². The molecule has 0 aliphatic heterocycles. The first-order valence-electron chi connectivity index (χ1n) is 10.5. The Kier molecular flexibility index (Phi) is 9.08. The third kappa shape index (κ3) is 8.36. The number of amides is 1. The van der Waals surface area contributed by atoms with Gasteiger partial charge in [-0.2, -0.15) is 0 Å². The summed E-state index contributed by atoms with van der Waals surface area (Å²) in [6.45, 7) is 6.91. The molecule has 0 aromatic heterocycles. The molecule has 0 aliphatic rings. The molecule has 2 aromatic carbocycles. The molecule has 0 aliphatic carbocycles. The standard InChI is InChI=1S/C22H29BN2O8S/c1-5-32-20(26)19(24-21(27)33-22(2,3)4)14-15-6-10-17(11-7-15)25-34(30,31)18-12-8-16(9-13-18)23(28)29/h6-13,19,25,28-29H,5,14H2,1-4H3,(H,24,27)/t19-/m0/s1. The van der Waals surface area contributed by atoms with E-state index < -0.39 is 40.8 Å². The first-order valence-corrected chi connectivity index (χ1v) is 12.0. The molecule has 0 fully saturated rings. The van der Waals surface area contributed by atoms with E-state index in [2.05, 4.69) is 10.0 Å². The highest BCUT2D eigenvalue weighted by Gasteiger charge is 2.26. The van der Waals surface area contributed by atoms with E-state index in [0.717, 1.165) is 0 Å². The molecule has 0 unspecified atom stereocenters. The summed E-state index contributed by atoms with van der Waals surface area (Å²) in [4.78, 5) is 24.4. The van der Waals surface area contributed by atoms with Crippen molar-refractivity contribution in [2.45, 2.75) is 50.7 Å². The molecule has 34 heavy (non-hydrogen) atoms. The van der Waals surface area contributed by atoms with E-state index in [1.807, 2.05) is 0 Å². The second kappa shape index (κ2) is 11.4. The Morgan fingerprint density at radius 3 is 2.12 bits per heavy atom. The van der Waals surface area contributed by atoms with Gasteiger partial charge >= 0.3 is 19.2 Å². The minimum atomic E-state index is -3.91. The molecule has 184 valence electrons. The van der Waals surface area contributed by atoms with E-state index in [1.165, 1.54) is 36.4 Å². The molecule has 0 bridgehead atoms. The summed E-state index contributed by atoms with van der Waals surface area (Å²) in [5.74, 6) is -0.616. The number of esters is 1. The lowest BCUT2D eigenvalue weighted by molar-refractivity contribution is -0.145. The zero-order valence-corrected chi connectivity index (χ0v) is 20.3. The van der Waals surface area contributed by atoms with Crippen molar-refractivity contribution in [2.24, 2.45) is 0 Å². The molecule has 10 nitrogen and oxygen atoms in total. The van der Waals surface area contributed by atoms with Crippen molar-refractivity contribution in [3.8, 4) is 0 Å². The summed E-state index contributed by atoms with van der Waals surface area (Å²) in [5, 5.41) is 20.8. The number of alkyl carbamates (subject to hydrolysis) is 1. The van der Waals surface area contributed by atoms with E-state index in [0.29, 0.717) is 5.56 Å². The number of rotatable bonds is 9. The topological polar surface area (TPSA) is 151 Å². The average molecular weight is 492 g/mol. The number of carbonyl (C=O) groups is 2. The van der Waals surface area contributed by atoms with E-state index in [4.69, 9.17) is 19.5 Å². The molecule has 0 saturated heterocycles. The number of sulfonamides is 1. The number of anilines is 1. The summed E-state index contributed by atoms with van der Waals surface area (Å²) < 4.78 is 37.8. The van der Waals surface area contributed by atoms with Gasteiger partial charge in [-0.1, -0.05) is 24.3 Å². The Balaban J connectivity index is 2.10. The first-order chi connectivity index (χ1) is 15.8. The van der Waals surface area contributed by atoms with Gasteiger partial charge in [0.2, 0.25) is 0 Å². The Morgan fingerprint density at radius 2 is 1.62 bits per heavy atom. The molecule has 0 spiro atoms. The van der Waals surface area contributed by atoms with Gasteiger partial charge in [0.05, 0.1) is 11.5 Å². The van der Waals surface area contributed by atoms with Crippen LogP contribution in [0.2, 0.25) is 0 Å². The quantitative estimate of drug-likeness (QED) is 0.301. The third-order valence-electron chi connectivity index (χ3n) is 4.40. The van der Waals surface area contributed by atoms with Crippen molar-refractivity contribution < 1.29 is 37.5 Å². The van der Waals surface area contributed by atoms with Gasteiger partial charge in [0, 0.05) is 12.1 Å². The van der Waals surface area contributed by atoms with Crippen molar-refractivity contribution in [2.75, 3.05) is 11.3 Å². The maximum atomic E-state index is 12.6. The van der Waals surface area contributed by atoms with Crippen LogP contribution in [0.4, 0.5) is 10.5 Å². The molecule has 1 atom stereocenters. The number of nitrogens with one attached hydrogen (secondary N) is 2. The second-order valence-electron chi connectivity index (χ2n) is 8.40. The van der Waals surface area contributed by atoms with Crippen LogP contribution in [0.25, 0.3) is 0 Å². The van der Waals surface area contributed by atoms with Crippen LogP contribution < -0.4 is 15.5 Å². The second-order valence-corrected chi connectivity index (χ2v) is 10.1. The van der Waals surface area contributed by atoms with Gasteiger partial charge in [0.15, 0.2) is 0 Å². The smallest absolute Gasteiger partial charge is 0.464 e. The van der Waals surface area contributed by atoms with Crippen molar-refractivity contribution in [1.82, 2.24) is 5.32 Å². The minimum Gasteiger partial charge on any atom is -0.464 e. The molecule has 12 heteroatoms. The Labute approximate surface area is 199 Å². The van der Waals surface area contributed by atoms with Gasteiger partial charge in [-0.15, -0.1) is 0 Å². The molecular formula is C22H29BN2O8S. The maximum absolute atomic E-state index is 12.6. The van der Waals surface area contributed by atoms with Gasteiger partial charge in [-0.25, -0.2) is 18.0 Å². The fourth-order valence-corrected chi connectivity index (χ4v) is 3.92. The van der Waals surface area contributed by atoms with E-state index in [9.17, 15) is 18.0 Å². The summed E-state index contributed by atoms with van der Waals surface area (Å²) in [7, 11) is -5.60. The van der Waals surface area contributed by atoms with Gasteiger partial charge in [-0.3, -0.25) is 4.72 Å². The lowest BCUT2D eigenvalue weighted by Gasteiger charge is -2.23. The van der Waals surface area contributed by atoms with Crippen molar-refractivity contribution in [1.29, 1.82) is 0 Å². The van der Waals surface area contributed by atoms with Gasteiger partial charge in [-0.05, 0) is 63.0 Å². The van der Waals surface area contributed by atoms with Crippen LogP contribution in [-0.4, -0.2) is 55.9 Å². The normalized spacial score (nSPS) is 12.4. The molecular weight excluding hydrogens is 463 g/mol. The number of hydrogen-bond acceptors (Lipinski definition) is 8. The van der Waals surface area contributed by atoms with Crippen LogP contribution in [-0.2, 0) is 30.7 Å². The van der Waals surface area contributed by atoms with Crippen molar-refractivity contribution in [3.63, 3.8) is 0 Å². The first kappa shape index (κ1) is 27.2. The molecule has 0 heterocycles. The third-order valence-corrected chi connectivity index (χ3v) is 5.79. The number of carbonyl (C=O) groups excluding carboxylic acids is 2. The van der Waals surface area contributed by atoms with Crippen LogP contribution in [0.5, 0.6) is 0 Å². The molecule has 1 amide bonds. The molecule has 0 radical (unpaired) electrons. The largest absolute Gasteiger partial charge is 0.488 e.